The number of carboxylic acids is 1. The topological polar surface area (TPSA) is 95.7 Å². The number of rotatable bonds is 6. The second-order valence-electron chi connectivity index (χ2n) is 5.61. The molecule has 1 amide bonds. The maximum absolute atomic E-state index is 11.9. The van der Waals surface area contributed by atoms with E-state index in [0.717, 1.165) is 0 Å². The van der Waals surface area contributed by atoms with E-state index in [9.17, 15) is 9.59 Å². The van der Waals surface area contributed by atoms with Gasteiger partial charge in [-0.05, 0) is 27.7 Å². The van der Waals surface area contributed by atoms with Gasteiger partial charge in [-0.25, -0.2) is 0 Å². The van der Waals surface area contributed by atoms with Gasteiger partial charge in [0.05, 0.1) is 13.0 Å². The summed E-state index contributed by atoms with van der Waals surface area (Å²) < 4.78 is 4.86. The lowest BCUT2D eigenvalue weighted by Crippen LogP contribution is -2.46. The number of anilines is 1. The fraction of sp³-hybridized carbons (Fsp3) is 0.615. The first kappa shape index (κ1) is 16.2. The monoisotopic (exact) mass is 283 g/mol. The van der Waals surface area contributed by atoms with Crippen molar-refractivity contribution in [2.45, 2.75) is 39.7 Å². The predicted molar refractivity (Wildman–Crippen MR) is 73.4 cm³/mol. The Morgan fingerprint density at radius 2 is 2.10 bits per heavy atom. The van der Waals surface area contributed by atoms with Crippen LogP contribution in [0.2, 0.25) is 0 Å². The summed E-state index contributed by atoms with van der Waals surface area (Å²) in [6.45, 7) is 7.94. The van der Waals surface area contributed by atoms with Crippen molar-refractivity contribution in [2.24, 2.45) is 0 Å². The van der Waals surface area contributed by atoms with Crippen LogP contribution in [0.4, 0.5) is 5.82 Å². The van der Waals surface area contributed by atoms with Crippen LogP contribution in [0.15, 0.2) is 10.6 Å². The maximum atomic E-state index is 11.9. The number of hydrogen-bond donors (Lipinski definition) is 2. The summed E-state index contributed by atoms with van der Waals surface area (Å²) in [5.41, 5.74) is -0.299. The highest BCUT2D eigenvalue weighted by Gasteiger charge is 2.24. The highest BCUT2D eigenvalue weighted by molar-refractivity contribution is 5.91. The first-order valence-electron chi connectivity index (χ1n) is 6.38. The van der Waals surface area contributed by atoms with E-state index in [1.807, 2.05) is 25.7 Å². The van der Waals surface area contributed by atoms with Crippen molar-refractivity contribution in [3.8, 4) is 0 Å². The molecule has 0 saturated heterocycles. The number of hydrogen-bond acceptors (Lipinski definition) is 5. The second-order valence-corrected chi connectivity index (χ2v) is 5.61. The number of aliphatic carboxylic acids is 1. The number of carbonyl (C=O) groups is 2. The molecule has 0 aliphatic rings. The molecule has 0 saturated carbocycles. The van der Waals surface area contributed by atoms with Crippen molar-refractivity contribution in [2.75, 3.05) is 18.4 Å². The summed E-state index contributed by atoms with van der Waals surface area (Å²) in [6.07, 6.45) is -0.00633. The minimum absolute atomic E-state index is 0.00633. The predicted octanol–water partition coefficient (Wildman–Crippen LogP) is 1.50. The minimum Gasteiger partial charge on any atom is -0.481 e. The van der Waals surface area contributed by atoms with E-state index in [2.05, 4.69) is 10.5 Å². The summed E-state index contributed by atoms with van der Waals surface area (Å²) in [6, 6.07) is 1.62. The summed E-state index contributed by atoms with van der Waals surface area (Å²) in [4.78, 5) is 24.4. The van der Waals surface area contributed by atoms with Gasteiger partial charge in [0.25, 0.3) is 0 Å². The Morgan fingerprint density at radius 1 is 1.45 bits per heavy atom. The second kappa shape index (κ2) is 6.51. The number of nitrogens with zero attached hydrogens (tertiary/aromatic N) is 2. The molecule has 7 heteroatoms. The number of amides is 1. The van der Waals surface area contributed by atoms with Crippen molar-refractivity contribution in [1.82, 2.24) is 10.1 Å². The molecule has 0 fully saturated rings. The number of carbonyl (C=O) groups excluding carboxylic acids is 1. The van der Waals surface area contributed by atoms with Gasteiger partial charge in [-0.3, -0.25) is 14.5 Å². The third-order valence-electron chi connectivity index (χ3n) is 2.77. The van der Waals surface area contributed by atoms with Crippen molar-refractivity contribution in [1.29, 1.82) is 0 Å². The number of carboxylic acid groups (broad SMARTS) is 1. The lowest BCUT2D eigenvalue weighted by Gasteiger charge is -2.34. The number of aryl methyl sites for hydroxylation is 1. The molecule has 0 spiro atoms. The van der Waals surface area contributed by atoms with Gasteiger partial charge in [0.2, 0.25) is 5.91 Å². The quantitative estimate of drug-likeness (QED) is 0.821. The first-order chi connectivity index (χ1) is 9.18. The summed E-state index contributed by atoms with van der Waals surface area (Å²) in [5, 5.41) is 15.1. The van der Waals surface area contributed by atoms with Crippen LogP contribution in [0.5, 0.6) is 0 Å². The fourth-order valence-electron chi connectivity index (χ4n) is 1.66. The molecule has 2 N–H and O–H groups in total. The molecule has 0 aliphatic carbocycles. The average molecular weight is 283 g/mol. The molecule has 0 unspecified atom stereocenters. The van der Waals surface area contributed by atoms with E-state index < -0.39 is 5.97 Å². The van der Waals surface area contributed by atoms with Crippen LogP contribution < -0.4 is 5.32 Å². The smallest absolute Gasteiger partial charge is 0.304 e. The Hall–Kier alpha value is -1.89. The van der Waals surface area contributed by atoms with E-state index in [-0.39, 0.29) is 24.4 Å². The Bertz CT molecular complexity index is 476. The van der Waals surface area contributed by atoms with E-state index in [1.54, 1.807) is 13.0 Å². The van der Waals surface area contributed by atoms with Crippen molar-refractivity contribution in [3.05, 3.63) is 11.8 Å². The zero-order valence-electron chi connectivity index (χ0n) is 12.3. The van der Waals surface area contributed by atoms with E-state index >= 15 is 0 Å². The molecule has 1 rings (SSSR count). The Balaban J connectivity index is 2.59. The van der Waals surface area contributed by atoms with Gasteiger partial charge < -0.3 is 14.9 Å². The molecule has 1 aromatic heterocycles. The minimum atomic E-state index is -0.883. The van der Waals surface area contributed by atoms with Gasteiger partial charge in [-0.2, -0.15) is 0 Å². The number of nitrogens with one attached hydrogen (secondary N) is 1. The Morgan fingerprint density at radius 3 is 2.55 bits per heavy atom. The van der Waals surface area contributed by atoms with Crippen molar-refractivity contribution < 1.29 is 19.2 Å². The van der Waals surface area contributed by atoms with E-state index in [1.165, 1.54) is 0 Å². The Labute approximate surface area is 117 Å². The van der Waals surface area contributed by atoms with Gasteiger partial charge in [-0.15, -0.1) is 0 Å². The maximum Gasteiger partial charge on any atom is 0.304 e. The molecule has 20 heavy (non-hydrogen) atoms. The molecule has 0 aromatic carbocycles. The Kier molecular flexibility index (Phi) is 5.26. The van der Waals surface area contributed by atoms with Gasteiger partial charge >= 0.3 is 5.97 Å². The highest BCUT2D eigenvalue weighted by Crippen LogP contribution is 2.14. The molecule has 0 bridgehead atoms. The lowest BCUT2D eigenvalue weighted by molar-refractivity contribution is -0.138. The van der Waals surface area contributed by atoms with Crippen LogP contribution >= 0.6 is 0 Å². The van der Waals surface area contributed by atoms with Gasteiger partial charge in [0.1, 0.15) is 5.76 Å². The van der Waals surface area contributed by atoms with Gasteiger partial charge in [0.15, 0.2) is 5.82 Å². The normalized spacial score (nSPS) is 11.7. The van der Waals surface area contributed by atoms with Gasteiger partial charge in [0, 0.05) is 18.2 Å². The summed E-state index contributed by atoms with van der Waals surface area (Å²) in [7, 11) is 0. The third kappa shape index (κ3) is 5.40. The van der Waals surface area contributed by atoms with Crippen LogP contribution in [0.1, 0.15) is 33.0 Å². The highest BCUT2D eigenvalue weighted by atomic mass is 16.5. The average Bonchev–Trinajstić information content (AvgIpc) is 2.68. The standard InChI is InChI=1S/C13H21N3O4/c1-9-7-10(15-20-9)14-11(17)8-16(13(2,3)4)6-5-12(18)19/h7H,5-6,8H2,1-4H3,(H,18,19)(H,14,15,17). The van der Waals surface area contributed by atoms with Crippen LogP contribution in [0, 0.1) is 6.92 Å². The molecule has 0 radical (unpaired) electrons. The number of aromatic nitrogens is 1. The first-order valence-corrected chi connectivity index (χ1v) is 6.38. The van der Waals surface area contributed by atoms with E-state index in [4.69, 9.17) is 9.63 Å². The molecule has 1 heterocycles. The summed E-state index contributed by atoms with van der Waals surface area (Å²) >= 11 is 0. The van der Waals surface area contributed by atoms with E-state index in [0.29, 0.717) is 18.1 Å². The van der Waals surface area contributed by atoms with Crippen molar-refractivity contribution >= 4 is 17.7 Å². The van der Waals surface area contributed by atoms with Gasteiger partial charge in [-0.1, -0.05) is 5.16 Å². The molecule has 0 atom stereocenters. The molecule has 7 nitrogen and oxygen atoms in total. The third-order valence-corrected chi connectivity index (χ3v) is 2.77. The zero-order chi connectivity index (χ0) is 15.3. The van der Waals surface area contributed by atoms with Crippen LogP contribution in [-0.4, -0.2) is 45.7 Å². The van der Waals surface area contributed by atoms with Crippen molar-refractivity contribution in [3.63, 3.8) is 0 Å². The molecular weight excluding hydrogens is 262 g/mol. The molecular formula is C13H21N3O4. The SMILES string of the molecule is Cc1cc(NC(=O)CN(CCC(=O)O)C(C)(C)C)no1. The van der Waals surface area contributed by atoms with Crippen LogP contribution in [-0.2, 0) is 9.59 Å². The lowest BCUT2D eigenvalue weighted by atomic mass is 10.1. The largest absolute Gasteiger partial charge is 0.481 e. The van der Waals surface area contributed by atoms with Crippen LogP contribution in [0.3, 0.4) is 0 Å². The molecule has 0 aliphatic heterocycles. The molecule has 112 valence electrons. The fourth-order valence-corrected chi connectivity index (χ4v) is 1.66. The zero-order valence-corrected chi connectivity index (χ0v) is 12.3. The molecule has 1 aromatic rings. The summed E-state index contributed by atoms with van der Waals surface area (Å²) in [5.74, 6) is -0.163. The van der Waals surface area contributed by atoms with Crippen LogP contribution in [0.25, 0.3) is 0 Å².